The molecule has 3 nitrogen and oxygen atoms in total. The second-order valence-electron chi connectivity index (χ2n) is 8.07. The normalized spacial score (nSPS) is 13.8. The summed E-state index contributed by atoms with van der Waals surface area (Å²) in [6, 6.07) is 16.6. The van der Waals surface area contributed by atoms with Gasteiger partial charge in [0.05, 0.1) is 10.9 Å². The number of sulfonamides is 1. The zero-order chi connectivity index (χ0) is 18.7. The molecule has 2 rings (SSSR count). The zero-order valence-electron chi connectivity index (χ0n) is 15.8. The van der Waals surface area contributed by atoms with Crippen molar-refractivity contribution in [2.24, 2.45) is 11.3 Å². The smallest absolute Gasteiger partial charge is 0.207 e. The Balaban J connectivity index is 2.28. The molecular weight excluding hydrogens is 330 g/mol. The van der Waals surface area contributed by atoms with E-state index in [9.17, 15) is 8.42 Å². The molecule has 0 saturated heterocycles. The third-order valence-electron chi connectivity index (χ3n) is 4.15. The van der Waals surface area contributed by atoms with Gasteiger partial charge in [-0.3, -0.25) is 0 Å². The summed E-state index contributed by atoms with van der Waals surface area (Å²) in [5.41, 5.74) is 1.88. The van der Waals surface area contributed by atoms with Crippen LogP contribution in [0.5, 0.6) is 0 Å². The van der Waals surface area contributed by atoms with Crippen LogP contribution in [-0.4, -0.2) is 8.42 Å². The second-order valence-corrected chi connectivity index (χ2v) is 9.79. The predicted octanol–water partition coefficient (Wildman–Crippen LogP) is 4.95. The fraction of sp³-hybridized carbons (Fsp3) is 0.429. The lowest BCUT2D eigenvalue weighted by molar-refractivity contribution is 0.304. The van der Waals surface area contributed by atoms with Crippen molar-refractivity contribution in [1.82, 2.24) is 4.72 Å². The Labute approximate surface area is 152 Å². The first-order valence-electron chi connectivity index (χ1n) is 8.76. The van der Waals surface area contributed by atoms with Crippen LogP contribution in [0, 0.1) is 11.3 Å². The van der Waals surface area contributed by atoms with Gasteiger partial charge in [-0.2, -0.15) is 0 Å². The minimum Gasteiger partial charge on any atom is -0.207 e. The minimum absolute atomic E-state index is 0.244. The lowest BCUT2D eigenvalue weighted by Gasteiger charge is -2.31. The molecule has 0 aliphatic carbocycles. The summed E-state index contributed by atoms with van der Waals surface area (Å²) in [7, 11) is -3.59. The molecule has 0 radical (unpaired) electrons. The maximum Gasteiger partial charge on any atom is 0.241 e. The summed E-state index contributed by atoms with van der Waals surface area (Å²) in [5.74, 6) is 0.545. The van der Waals surface area contributed by atoms with Gasteiger partial charge >= 0.3 is 0 Å². The summed E-state index contributed by atoms with van der Waals surface area (Å²) in [6.07, 6.45) is 0.947. The number of hydrogen-bond donors (Lipinski definition) is 1. The van der Waals surface area contributed by atoms with Gasteiger partial charge in [-0.25, -0.2) is 13.1 Å². The standard InChI is InChI=1S/C21H29NO2S/c1-16(2)15-17-11-13-19(14-12-17)25(23,24)22-20(21(3,4)5)18-9-7-6-8-10-18/h6-14,16,20,22H,15H2,1-5H3. The van der Waals surface area contributed by atoms with Crippen LogP contribution in [0.2, 0.25) is 0 Å². The number of benzene rings is 2. The Kier molecular flexibility index (Phi) is 6.07. The Morgan fingerprint density at radius 3 is 1.96 bits per heavy atom. The van der Waals surface area contributed by atoms with Crippen molar-refractivity contribution in [1.29, 1.82) is 0 Å². The highest BCUT2D eigenvalue weighted by molar-refractivity contribution is 7.89. The molecule has 2 aromatic rings. The van der Waals surface area contributed by atoms with Crippen LogP contribution >= 0.6 is 0 Å². The highest BCUT2D eigenvalue weighted by Gasteiger charge is 2.30. The maximum atomic E-state index is 12.9. The van der Waals surface area contributed by atoms with Crippen molar-refractivity contribution in [3.8, 4) is 0 Å². The number of hydrogen-bond acceptors (Lipinski definition) is 2. The number of nitrogens with one attached hydrogen (secondary N) is 1. The molecule has 2 aromatic carbocycles. The van der Waals surface area contributed by atoms with Gasteiger partial charge in [-0.1, -0.05) is 77.1 Å². The van der Waals surface area contributed by atoms with Crippen molar-refractivity contribution < 1.29 is 8.42 Å². The van der Waals surface area contributed by atoms with E-state index in [1.807, 2.05) is 63.2 Å². The molecule has 0 aromatic heterocycles. The Morgan fingerprint density at radius 1 is 0.920 bits per heavy atom. The third-order valence-corrected chi connectivity index (χ3v) is 5.59. The van der Waals surface area contributed by atoms with Crippen molar-refractivity contribution in [2.75, 3.05) is 0 Å². The van der Waals surface area contributed by atoms with E-state index >= 15 is 0 Å². The summed E-state index contributed by atoms with van der Waals surface area (Å²) in [5, 5.41) is 0. The van der Waals surface area contributed by atoms with Crippen LogP contribution in [-0.2, 0) is 16.4 Å². The molecule has 136 valence electrons. The Bertz CT molecular complexity index is 773. The first kappa shape index (κ1) is 19.7. The van der Waals surface area contributed by atoms with Gasteiger partial charge in [0.2, 0.25) is 10.0 Å². The van der Waals surface area contributed by atoms with Gasteiger partial charge in [0.15, 0.2) is 0 Å². The second kappa shape index (κ2) is 7.71. The average Bonchev–Trinajstić information content (AvgIpc) is 2.52. The molecular formula is C21H29NO2S. The van der Waals surface area contributed by atoms with E-state index in [0.717, 1.165) is 17.5 Å². The van der Waals surface area contributed by atoms with E-state index in [4.69, 9.17) is 0 Å². The van der Waals surface area contributed by atoms with Gasteiger partial charge < -0.3 is 0 Å². The van der Waals surface area contributed by atoms with Crippen LogP contribution < -0.4 is 4.72 Å². The van der Waals surface area contributed by atoms with Gasteiger partial charge in [-0.15, -0.1) is 0 Å². The largest absolute Gasteiger partial charge is 0.241 e. The van der Waals surface area contributed by atoms with E-state index in [1.54, 1.807) is 12.1 Å². The van der Waals surface area contributed by atoms with E-state index in [0.29, 0.717) is 10.8 Å². The fourth-order valence-corrected chi connectivity index (χ4v) is 4.32. The molecule has 0 heterocycles. The molecule has 0 fully saturated rings. The third kappa shape index (κ3) is 5.41. The minimum atomic E-state index is -3.59. The van der Waals surface area contributed by atoms with E-state index in [2.05, 4.69) is 18.6 Å². The molecule has 25 heavy (non-hydrogen) atoms. The van der Waals surface area contributed by atoms with Gasteiger partial charge in [-0.05, 0) is 41.0 Å². The average molecular weight is 360 g/mol. The van der Waals surface area contributed by atoms with E-state index in [-0.39, 0.29) is 11.5 Å². The lowest BCUT2D eigenvalue weighted by atomic mass is 9.83. The topological polar surface area (TPSA) is 46.2 Å². The summed E-state index contributed by atoms with van der Waals surface area (Å²) in [6.45, 7) is 10.4. The molecule has 1 unspecified atom stereocenters. The SMILES string of the molecule is CC(C)Cc1ccc(S(=O)(=O)NC(c2ccccc2)C(C)(C)C)cc1. The molecule has 4 heteroatoms. The summed E-state index contributed by atoms with van der Waals surface area (Å²) < 4.78 is 28.7. The Hall–Kier alpha value is -1.65. The molecule has 0 aliphatic heterocycles. The van der Waals surface area contributed by atoms with Gasteiger partial charge in [0.25, 0.3) is 0 Å². The summed E-state index contributed by atoms with van der Waals surface area (Å²) in [4.78, 5) is 0.310. The van der Waals surface area contributed by atoms with Gasteiger partial charge in [0, 0.05) is 0 Å². The first-order valence-corrected chi connectivity index (χ1v) is 10.2. The maximum absolute atomic E-state index is 12.9. The van der Waals surface area contributed by atoms with Crippen molar-refractivity contribution in [3.63, 3.8) is 0 Å². The monoisotopic (exact) mass is 359 g/mol. The molecule has 1 N–H and O–H groups in total. The van der Waals surface area contributed by atoms with Crippen molar-refractivity contribution in [3.05, 3.63) is 65.7 Å². The van der Waals surface area contributed by atoms with Crippen molar-refractivity contribution >= 4 is 10.0 Å². The molecule has 0 bridgehead atoms. The Morgan fingerprint density at radius 2 is 1.48 bits per heavy atom. The lowest BCUT2D eigenvalue weighted by Crippen LogP contribution is -2.36. The van der Waals surface area contributed by atoms with E-state index < -0.39 is 10.0 Å². The van der Waals surface area contributed by atoms with Crippen LogP contribution in [0.1, 0.15) is 51.8 Å². The molecule has 1 atom stereocenters. The summed E-state index contributed by atoms with van der Waals surface area (Å²) >= 11 is 0. The van der Waals surface area contributed by atoms with Crippen LogP contribution in [0.25, 0.3) is 0 Å². The predicted molar refractivity (Wildman–Crippen MR) is 104 cm³/mol. The quantitative estimate of drug-likeness (QED) is 0.793. The van der Waals surface area contributed by atoms with E-state index in [1.165, 1.54) is 0 Å². The number of rotatable bonds is 6. The highest BCUT2D eigenvalue weighted by Crippen LogP contribution is 2.34. The molecule has 0 saturated carbocycles. The van der Waals surface area contributed by atoms with Crippen LogP contribution in [0.4, 0.5) is 0 Å². The van der Waals surface area contributed by atoms with Crippen LogP contribution in [0.3, 0.4) is 0 Å². The highest BCUT2D eigenvalue weighted by atomic mass is 32.2. The van der Waals surface area contributed by atoms with Gasteiger partial charge in [0.1, 0.15) is 0 Å². The fourth-order valence-electron chi connectivity index (χ4n) is 2.89. The molecule has 0 spiro atoms. The van der Waals surface area contributed by atoms with Crippen molar-refractivity contribution in [2.45, 2.75) is 52.0 Å². The molecule has 0 amide bonds. The van der Waals surface area contributed by atoms with Crippen LogP contribution in [0.15, 0.2) is 59.5 Å². The first-order chi connectivity index (χ1) is 11.6. The zero-order valence-corrected chi connectivity index (χ0v) is 16.6. The molecule has 0 aliphatic rings.